The van der Waals surface area contributed by atoms with Gasteiger partial charge in [0.1, 0.15) is 11.8 Å². The van der Waals surface area contributed by atoms with Crippen LogP contribution >= 0.6 is 0 Å². The van der Waals surface area contributed by atoms with Crippen LogP contribution in [0.5, 0.6) is 5.75 Å². The molecule has 0 radical (unpaired) electrons. The summed E-state index contributed by atoms with van der Waals surface area (Å²) in [6.07, 6.45) is 4.03. The first-order valence-electron chi connectivity index (χ1n) is 7.73. The molecule has 1 aromatic carbocycles. The van der Waals surface area contributed by atoms with Crippen LogP contribution in [0.3, 0.4) is 0 Å². The number of hydrogen-bond donors (Lipinski definition) is 1. The topological polar surface area (TPSA) is 56.5 Å². The molecule has 0 bridgehead atoms. The summed E-state index contributed by atoms with van der Waals surface area (Å²) >= 11 is 0. The summed E-state index contributed by atoms with van der Waals surface area (Å²) < 4.78 is 5.46. The average Bonchev–Trinajstić information content (AvgIpc) is 2.94. The molecule has 4 nitrogen and oxygen atoms in total. The fourth-order valence-corrected chi connectivity index (χ4v) is 2.90. The lowest BCUT2D eigenvalue weighted by Crippen LogP contribution is -2.29. The van der Waals surface area contributed by atoms with Crippen LogP contribution in [0.25, 0.3) is 0 Å². The van der Waals surface area contributed by atoms with Crippen LogP contribution in [0.1, 0.15) is 38.2 Å². The van der Waals surface area contributed by atoms with Crippen LogP contribution in [-0.2, 0) is 6.54 Å². The van der Waals surface area contributed by atoms with Gasteiger partial charge < -0.3 is 9.84 Å². The van der Waals surface area contributed by atoms with Gasteiger partial charge in [0.05, 0.1) is 0 Å². The Morgan fingerprint density at radius 1 is 1.43 bits per heavy atom. The molecule has 0 amide bonds. The van der Waals surface area contributed by atoms with Gasteiger partial charge in [-0.3, -0.25) is 4.90 Å². The van der Waals surface area contributed by atoms with Crippen molar-refractivity contribution in [2.75, 3.05) is 13.2 Å². The van der Waals surface area contributed by atoms with E-state index in [9.17, 15) is 0 Å². The largest absolute Gasteiger partial charge is 0.476 e. The number of benzene rings is 1. The first-order chi connectivity index (χ1) is 10.2. The van der Waals surface area contributed by atoms with Gasteiger partial charge >= 0.3 is 0 Å². The fraction of sp³-hybridized carbons (Fsp3) is 0.588. The zero-order valence-electron chi connectivity index (χ0n) is 12.7. The molecule has 21 heavy (non-hydrogen) atoms. The van der Waals surface area contributed by atoms with Crippen LogP contribution in [0, 0.1) is 11.3 Å². The van der Waals surface area contributed by atoms with E-state index in [0.717, 1.165) is 31.7 Å². The van der Waals surface area contributed by atoms with Crippen LogP contribution < -0.4 is 4.74 Å². The first-order valence-corrected chi connectivity index (χ1v) is 7.73. The Kier molecular flexibility index (Phi) is 6.04. The number of ether oxygens (including phenoxy) is 1. The minimum atomic E-state index is -0.419. The summed E-state index contributed by atoms with van der Waals surface area (Å²) in [7, 11) is 0. The third-order valence-corrected chi connectivity index (χ3v) is 4.00. The molecular weight excluding hydrogens is 264 g/mol. The van der Waals surface area contributed by atoms with Crippen LogP contribution in [0.4, 0.5) is 0 Å². The Morgan fingerprint density at radius 3 is 2.86 bits per heavy atom. The highest BCUT2D eigenvalue weighted by Gasteiger charge is 2.23. The highest BCUT2D eigenvalue weighted by molar-refractivity contribution is 5.28. The lowest BCUT2D eigenvalue weighted by Gasteiger charge is -2.24. The Hall–Kier alpha value is -1.57. The Morgan fingerprint density at radius 2 is 2.19 bits per heavy atom. The van der Waals surface area contributed by atoms with Crippen LogP contribution in [0.2, 0.25) is 0 Å². The maximum atomic E-state index is 8.97. The molecule has 1 fully saturated rings. The van der Waals surface area contributed by atoms with Gasteiger partial charge in [0.25, 0.3) is 0 Å². The molecule has 0 aliphatic carbocycles. The molecule has 2 unspecified atom stereocenters. The predicted molar refractivity (Wildman–Crippen MR) is 81.9 cm³/mol. The highest BCUT2D eigenvalue weighted by atomic mass is 16.5. The third kappa shape index (κ3) is 4.73. The molecule has 114 valence electrons. The molecule has 1 aliphatic rings. The second-order valence-corrected chi connectivity index (χ2v) is 5.67. The summed E-state index contributed by atoms with van der Waals surface area (Å²) in [6, 6.07) is 10.7. The van der Waals surface area contributed by atoms with Crippen molar-refractivity contribution in [3.05, 3.63) is 29.8 Å². The highest BCUT2D eigenvalue weighted by Crippen LogP contribution is 2.24. The van der Waals surface area contributed by atoms with Gasteiger partial charge in [-0.05, 0) is 56.8 Å². The SMILES string of the molecule is CC(C#N)Oc1ccc(CN2CCCC2CCCO)cc1. The quantitative estimate of drug-likeness (QED) is 0.838. The van der Waals surface area contributed by atoms with Crippen molar-refractivity contribution in [1.82, 2.24) is 4.90 Å². The second-order valence-electron chi connectivity index (χ2n) is 5.67. The van der Waals surface area contributed by atoms with Gasteiger partial charge in [0.2, 0.25) is 0 Å². The van der Waals surface area contributed by atoms with E-state index < -0.39 is 6.10 Å². The zero-order chi connectivity index (χ0) is 15.1. The molecule has 1 aliphatic heterocycles. The number of hydrogen-bond acceptors (Lipinski definition) is 4. The summed E-state index contributed by atoms with van der Waals surface area (Å²) in [6.45, 7) is 4.11. The molecule has 0 saturated carbocycles. The fourth-order valence-electron chi connectivity index (χ4n) is 2.90. The van der Waals surface area contributed by atoms with E-state index in [1.807, 2.05) is 12.1 Å². The van der Waals surface area contributed by atoms with Crippen molar-refractivity contribution < 1.29 is 9.84 Å². The van der Waals surface area contributed by atoms with Gasteiger partial charge in [-0.2, -0.15) is 5.26 Å². The Labute approximate surface area is 127 Å². The van der Waals surface area contributed by atoms with E-state index >= 15 is 0 Å². The van der Waals surface area contributed by atoms with E-state index in [0.29, 0.717) is 6.04 Å². The molecule has 1 heterocycles. The molecule has 2 rings (SSSR count). The van der Waals surface area contributed by atoms with Crippen molar-refractivity contribution in [1.29, 1.82) is 5.26 Å². The number of aliphatic hydroxyl groups is 1. The lowest BCUT2D eigenvalue weighted by molar-refractivity contribution is 0.210. The van der Waals surface area contributed by atoms with E-state index in [1.54, 1.807) is 6.92 Å². The molecule has 1 N–H and O–H groups in total. The standard InChI is InChI=1S/C17H24N2O2/c1-14(12-18)21-17-8-6-15(7-9-17)13-19-10-2-4-16(19)5-3-11-20/h6-9,14,16,20H,2-5,10-11,13H2,1H3. The third-order valence-electron chi connectivity index (χ3n) is 4.00. The van der Waals surface area contributed by atoms with Gasteiger partial charge in [-0.15, -0.1) is 0 Å². The van der Waals surface area contributed by atoms with Gasteiger partial charge in [-0.25, -0.2) is 0 Å². The summed E-state index contributed by atoms with van der Waals surface area (Å²) in [5.41, 5.74) is 1.27. The van der Waals surface area contributed by atoms with E-state index in [2.05, 4.69) is 23.1 Å². The zero-order valence-corrected chi connectivity index (χ0v) is 12.7. The summed E-state index contributed by atoms with van der Waals surface area (Å²) in [4.78, 5) is 2.50. The predicted octanol–water partition coefficient (Wildman–Crippen LogP) is 2.71. The van der Waals surface area contributed by atoms with Gasteiger partial charge in [-0.1, -0.05) is 12.1 Å². The number of nitrogens with zero attached hydrogens (tertiary/aromatic N) is 2. The van der Waals surface area contributed by atoms with Crippen LogP contribution in [0.15, 0.2) is 24.3 Å². The average molecular weight is 288 g/mol. The number of aliphatic hydroxyl groups excluding tert-OH is 1. The van der Waals surface area contributed by atoms with Crippen molar-refractivity contribution >= 4 is 0 Å². The molecule has 4 heteroatoms. The molecule has 1 saturated heterocycles. The first kappa shape index (κ1) is 15.8. The van der Waals surface area contributed by atoms with Crippen LogP contribution in [-0.4, -0.2) is 35.3 Å². The Bertz CT molecular complexity index is 467. The lowest BCUT2D eigenvalue weighted by atomic mass is 10.1. The van der Waals surface area contributed by atoms with Crippen molar-refractivity contribution in [2.24, 2.45) is 0 Å². The maximum absolute atomic E-state index is 8.97. The summed E-state index contributed by atoms with van der Waals surface area (Å²) in [5.74, 6) is 0.742. The van der Waals surface area contributed by atoms with E-state index in [-0.39, 0.29) is 6.61 Å². The molecule has 0 aromatic heterocycles. The smallest absolute Gasteiger partial charge is 0.181 e. The van der Waals surface area contributed by atoms with Crippen molar-refractivity contribution in [2.45, 2.75) is 51.3 Å². The summed E-state index contributed by atoms with van der Waals surface area (Å²) in [5, 5.41) is 17.7. The van der Waals surface area contributed by atoms with Crippen molar-refractivity contribution in [3.8, 4) is 11.8 Å². The second kappa shape index (κ2) is 8.02. The monoisotopic (exact) mass is 288 g/mol. The Balaban J connectivity index is 1.89. The minimum Gasteiger partial charge on any atom is -0.476 e. The molecule has 2 atom stereocenters. The minimum absolute atomic E-state index is 0.285. The molecular formula is C17H24N2O2. The van der Waals surface area contributed by atoms with Gasteiger partial charge in [0.15, 0.2) is 6.10 Å². The number of nitriles is 1. The maximum Gasteiger partial charge on any atom is 0.181 e. The number of rotatable bonds is 7. The van der Waals surface area contributed by atoms with E-state index in [1.165, 1.54) is 18.4 Å². The normalized spacial score (nSPS) is 20.1. The van der Waals surface area contributed by atoms with Gasteiger partial charge in [0, 0.05) is 19.2 Å². The molecule has 0 spiro atoms. The number of likely N-dealkylation sites (tertiary alicyclic amines) is 1. The molecule has 1 aromatic rings. The van der Waals surface area contributed by atoms with E-state index in [4.69, 9.17) is 15.1 Å². The van der Waals surface area contributed by atoms with Crippen molar-refractivity contribution in [3.63, 3.8) is 0 Å².